The van der Waals surface area contributed by atoms with E-state index < -0.39 is 0 Å². The van der Waals surface area contributed by atoms with Crippen molar-refractivity contribution in [3.63, 3.8) is 0 Å². The molecule has 166 valence electrons. The fourth-order valence-electron chi connectivity index (χ4n) is 5.74. The summed E-state index contributed by atoms with van der Waals surface area (Å²) in [4.78, 5) is 31.2. The lowest BCUT2D eigenvalue weighted by Crippen LogP contribution is -2.46. The van der Waals surface area contributed by atoms with Crippen molar-refractivity contribution in [3.8, 4) is 11.3 Å². The van der Waals surface area contributed by atoms with Gasteiger partial charge >= 0.3 is 0 Å². The van der Waals surface area contributed by atoms with E-state index in [2.05, 4.69) is 37.3 Å². The molecule has 1 aromatic carbocycles. The van der Waals surface area contributed by atoms with Gasteiger partial charge in [-0.15, -0.1) is 0 Å². The van der Waals surface area contributed by atoms with Crippen molar-refractivity contribution in [2.45, 2.75) is 36.8 Å². The third-order valence-corrected chi connectivity index (χ3v) is 7.70. The van der Waals surface area contributed by atoms with Gasteiger partial charge in [-0.1, -0.05) is 6.07 Å². The van der Waals surface area contributed by atoms with Crippen molar-refractivity contribution in [2.75, 3.05) is 30.3 Å². The van der Waals surface area contributed by atoms with Gasteiger partial charge in [-0.3, -0.25) is 9.78 Å². The van der Waals surface area contributed by atoms with Gasteiger partial charge in [-0.05, 0) is 49.1 Å². The van der Waals surface area contributed by atoms with E-state index in [1.54, 1.807) is 24.7 Å². The van der Waals surface area contributed by atoms with Crippen LogP contribution in [0.3, 0.4) is 0 Å². The molecule has 3 N–H and O–H groups in total. The van der Waals surface area contributed by atoms with E-state index in [0.717, 1.165) is 61.4 Å². The van der Waals surface area contributed by atoms with E-state index in [9.17, 15) is 4.79 Å². The number of nitrogen functional groups attached to an aromatic ring is 1. The van der Waals surface area contributed by atoms with Crippen molar-refractivity contribution in [1.29, 1.82) is 0 Å². The van der Waals surface area contributed by atoms with Gasteiger partial charge in [0.1, 0.15) is 0 Å². The smallest absolute Gasteiger partial charge is 0.254 e. The number of nitrogens with one attached hydrogen (secondary N) is 1. The van der Waals surface area contributed by atoms with Crippen LogP contribution in [0.5, 0.6) is 0 Å². The fourth-order valence-corrected chi connectivity index (χ4v) is 5.74. The van der Waals surface area contributed by atoms with Gasteiger partial charge < -0.3 is 20.9 Å². The van der Waals surface area contributed by atoms with Crippen molar-refractivity contribution in [1.82, 2.24) is 25.2 Å². The predicted octanol–water partition coefficient (Wildman–Crippen LogP) is 2.49. The zero-order chi connectivity index (χ0) is 22.2. The largest absolute Gasteiger partial charge is 0.399 e. The Bertz CT molecular complexity index is 1270. The van der Waals surface area contributed by atoms with Crippen LogP contribution in [0.2, 0.25) is 0 Å². The van der Waals surface area contributed by atoms with E-state index in [1.165, 1.54) is 5.56 Å². The molecule has 1 saturated carbocycles. The Hall–Kier alpha value is -3.52. The Labute approximate surface area is 191 Å². The molecule has 0 unspecified atom stereocenters. The van der Waals surface area contributed by atoms with Crippen LogP contribution in [-0.2, 0) is 5.41 Å². The van der Waals surface area contributed by atoms with E-state index in [1.807, 2.05) is 17.0 Å². The highest BCUT2D eigenvalue weighted by Gasteiger charge is 2.52. The van der Waals surface area contributed by atoms with Crippen molar-refractivity contribution in [3.05, 3.63) is 60.0 Å². The zero-order valence-corrected chi connectivity index (χ0v) is 18.2. The molecule has 5 heterocycles. The molecule has 8 nitrogen and oxygen atoms in total. The number of carbonyl (C=O) groups is 1. The molecule has 1 amide bonds. The summed E-state index contributed by atoms with van der Waals surface area (Å²) in [5.41, 5.74) is 11.4. The van der Waals surface area contributed by atoms with Crippen LogP contribution < -0.4 is 16.0 Å². The number of likely N-dealkylation sites (tertiary alicyclic amines) is 1. The average Bonchev–Trinajstić information content (AvgIpc) is 3.16. The monoisotopic (exact) mass is 439 g/mol. The maximum absolute atomic E-state index is 13.3. The maximum atomic E-state index is 13.3. The highest BCUT2D eigenvalue weighted by Crippen LogP contribution is 2.57. The molecule has 2 atom stereocenters. The number of pyridine rings is 1. The number of fused-ring (bicyclic) bond motifs is 4. The van der Waals surface area contributed by atoms with E-state index >= 15 is 0 Å². The molecule has 3 aliphatic heterocycles. The second-order valence-corrected chi connectivity index (χ2v) is 9.80. The van der Waals surface area contributed by atoms with E-state index in [-0.39, 0.29) is 11.3 Å². The minimum Gasteiger partial charge on any atom is -0.399 e. The summed E-state index contributed by atoms with van der Waals surface area (Å²) in [5, 5.41) is 3.47. The van der Waals surface area contributed by atoms with Crippen LogP contribution in [-0.4, -0.2) is 57.5 Å². The van der Waals surface area contributed by atoms with E-state index in [0.29, 0.717) is 23.7 Å². The Balaban J connectivity index is 1.21. The molecular weight excluding hydrogens is 414 g/mol. The average molecular weight is 440 g/mol. The summed E-state index contributed by atoms with van der Waals surface area (Å²) in [6.45, 7) is 2.56. The van der Waals surface area contributed by atoms with Gasteiger partial charge in [0.05, 0.1) is 5.69 Å². The summed E-state index contributed by atoms with van der Waals surface area (Å²) in [5.74, 6) is 0.786. The van der Waals surface area contributed by atoms with Crippen LogP contribution in [0.15, 0.2) is 48.9 Å². The minimum atomic E-state index is 0.132. The van der Waals surface area contributed by atoms with Crippen LogP contribution >= 0.6 is 0 Å². The first-order valence-corrected chi connectivity index (χ1v) is 11.6. The molecule has 7 rings (SSSR count). The topological polar surface area (TPSA) is 100 Å². The lowest BCUT2D eigenvalue weighted by atomic mass is 9.97. The number of carbonyl (C=O) groups excluding carboxylic acids is 1. The summed E-state index contributed by atoms with van der Waals surface area (Å²) < 4.78 is 0. The number of amides is 1. The minimum absolute atomic E-state index is 0.132. The van der Waals surface area contributed by atoms with Crippen molar-refractivity contribution < 1.29 is 4.79 Å². The summed E-state index contributed by atoms with van der Waals surface area (Å²) >= 11 is 0. The van der Waals surface area contributed by atoms with Gasteiger partial charge in [-0.25, -0.2) is 9.97 Å². The Morgan fingerprint density at radius 3 is 2.67 bits per heavy atom. The SMILES string of the molecule is Nc1ccnc(-c2cnc(N3CC4(CC4)c4ccc(C(=O)N5C[C@H]6C[C@@H]5CN6)cc43)nc2)c1. The number of rotatable bonds is 3. The van der Waals surface area contributed by atoms with Gasteiger partial charge in [-0.2, -0.15) is 0 Å². The molecular formula is C25H25N7O. The molecule has 0 radical (unpaired) electrons. The Morgan fingerprint density at radius 2 is 1.97 bits per heavy atom. The number of nitrogens with two attached hydrogens (primary N) is 1. The molecule has 33 heavy (non-hydrogen) atoms. The molecule has 1 spiro atoms. The number of anilines is 3. The Kier molecular flexibility index (Phi) is 3.88. The highest BCUT2D eigenvalue weighted by atomic mass is 16.2. The lowest BCUT2D eigenvalue weighted by molar-refractivity contribution is 0.0716. The second kappa shape index (κ2) is 6.74. The third-order valence-electron chi connectivity index (χ3n) is 7.70. The number of piperazine rings is 1. The highest BCUT2D eigenvalue weighted by molar-refractivity contribution is 5.96. The number of nitrogens with zero attached hydrogens (tertiary/aromatic N) is 5. The van der Waals surface area contributed by atoms with Gasteiger partial charge in [0.2, 0.25) is 5.95 Å². The molecule has 2 aromatic heterocycles. The molecule has 3 aromatic rings. The first-order chi connectivity index (χ1) is 16.1. The second-order valence-electron chi connectivity index (χ2n) is 9.80. The van der Waals surface area contributed by atoms with Crippen LogP contribution in [0.1, 0.15) is 35.2 Å². The molecule has 3 fully saturated rings. The summed E-state index contributed by atoms with van der Waals surface area (Å²) in [6.07, 6.45) is 8.67. The normalized spacial score (nSPS) is 23.9. The van der Waals surface area contributed by atoms with Crippen LogP contribution in [0.4, 0.5) is 17.3 Å². The quantitative estimate of drug-likeness (QED) is 0.647. The van der Waals surface area contributed by atoms with Gasteiger partial charge in [0, 0.05) is 78.2 Å². The fraction of sp³-hybridized carbons (Fsp3) is 0.360. The first kappa shape index (κ1) is 19.0. The van der Waals surface area contributed by atoms with E-state index in [4.69, 9.17) is 5.73 Å². The molecule has 2 bridgehead atoms. The number of hydrogen-bond donors (Lipinski definition) is 2. The maximum Gasteiger partial charge on any atom is 0.254 e. The zero-order valence-electron chi connectivity index (χ0n) is 18.2. The molecule has 2 saturated heterocycles. The standard InChI is InChI=1S/C25H25N7O/c26-17-3-6-27-21(8-17)16-10-29-24(30-11-16)32-14-25(4-5-25)20-2-1-15(7-22(20)32)23(33)31-13-18-9-19(31)12-28-18/h1-3,6-8,10-11,18-19,28H,4-5,9,12-14H2,(H2,26,27)/t18-,19-/m1/s1. The van der Waals surface area contributed by atoms with Gasteiger partial charge in [0.15, 0.2) is 0 Å². The summed E-state index contributed by atoms with van der Waals surface area (Å²) in [6, 6.07) is 10.6. The van der Waals surface area contributed by atoms with Crippen LogP contribution in [0.25, 0.3) is 11.3 Å². The van der Waals surface area contributed by atoms with Crippen molar-refractivity contribution >= 4 is 23.2 Å². The number of aromatic nitrogens is 3. The van der Waals surface area contributed by atoms with Gasteiger partial charge in [0.25, 0.3) is 5.91 Å². The Morgan fingerprint density at radius 1 is 1.12 bits per heavy atom. The number of benzene rings is 1. The van der Waals surface area contributed by atoms with Crippen LogP contribution in [0, 0.1) is 0 Å². The number of hydrogen-bond acceptors (Lipinski definition) is 7. The molecule has 8 heteroatoms. The lowest BCUT2D eigenvalue weighted by Gasteiger charge is -2.28. The third kappa shape index (κ3) is 2.94. The molecule has 1 aliphatic carbocycles. The predicted molar refractivity (Wildman–Crippen MR) is 125 cm³/mol. The first-order valence-electron chi connectivity index (χ1n) is 11.6. The van der Waals surface area contributed by atoms with Crippen molar-refractivity contribution in [2.24, 2.45) is 0 Å². The molecule has 4 aliphatic rings. The summed E-state index contributed by atoms with van der Waals surface area (Å²) in [7, 11) is 0.